The van der Waals surface area contributed by atoms with E-state index in [1.54, 1.807) is 0 Å². The zero-order chi connectivity index (χ0) is 12.3. The Balaban J connectivity index is 2.51. The van der Waals surface area contributed by atoms with Crippen LogP contribution in [0, 0.1) is 11.3 Å². The normalized spacial score (nSPS) is 20.9. The monoisotopic (exact) mass is 228 g/mol. The molecule has 0 unspecified atom stereocenters. The molecule has 16 heavy (non-hydrogen) atoms. The summed E-state index contributed by atoms with van der Waals surface area (Å²) in [6, 6.07) is -0.432. The van der Waals surface area contributed by atoms with Crippen molar-refractivity contribution in [2.75, 3.05) is 19.7 Å². The lowest BCUT2D eigenvalue weighted by molar-refractivity contribution is -0.136. The molecule has 0 saturated carbocycles. The summed E-state index contributed by atoms with van der Waals surface area (Å²) in [5.74, 6) is 0.402. The van der Waals surface area contributed by atoms with Crippen molar-refractivity contribution in [1.82, 2.24) is 4.90 Å². The van der Waals surface area contributed by atoms with Crippen LogP contribution in [0.1, 0.15) is 33.6 Å². The summed E-state index contributed by atoms with van der Waals surface area (Å²) in [4.78, 5) is 13.9. The van der Waals surface area contributed by atoms with E-state index in [9.17, 15) is 4.79 Å². The Labute approximate surface area is 97.8 Å². The van der Waals surface area contributed by atoms with E-state index in [-0.39, 0.29) is 17.9 Å². The van der Waals surface area contributed by atoms with E-state index in [1.807, 2.05) is 25.7 Å². The Kier molecular flexibility index (Phi) is 4.33. The molecule has 0 aromatic heterocycles. The number of nitrogens with zero attached hydrogens (tertiary/aromatic N) is 1. The molecule has 1 aliphatic rings. The Morgan fingerprint density at radius 3 is 2.31 bits per heavy atom. The molecule has 3 N–H and O–H groups in total. The third kappa shape index (κ3) is 3.19. The van der Waals surface area contributed by atoms with Gasteiger partial charge in [0.1, 0.15) is 0 Å². The van der Waals surface area contributed by atoms with Crippen molar-refractivity contribution >= 4 is 5.91 Å². The number of aliphatic hydroxyl groups excluding tert-OH is 1. The summed E-state index contributed by atoms with van der Waals surface area (Å²) < 4.78 is 0. The Morgan fingerprint density at radius 1 is 1.44 bits per heavy atom. The molecule has 1 heterocycles. The average molecular weight is 228 g/mol. The minimum absolute atomic E-state index is 0.0453. The molecule has 0 aromatic rings. The minimum Gasteiger partial charge on any atom is -0.396 e. The van der Waals surface area contributed by atoms with Crippen molar-refractivity contribution in [3.63, 3.8) is 0 Å². The van der Waals surface area contributed by atoms with Gasteiger partial charge in [-0.15, -0.1) is 0 Å². The number of rotatable bonds is 2. The molecular formula is C12H24N2O2. The van der Waals surface area contributed by atoms with Gasteiger partial charge in [-0.3, -0.25) is 4.79 Å². The lowest BCUT2D eigenvalue weighted by atomic mass is 9.86. The van der Waals surface area contributed by atoms with Gasteiger partial charge in [0.05, 0.1) is 6.04 Å². The second-order valence-electron chi connectivity index (χ2n) is 5.79. The first-order valence-corrected chi connectivity index (χ1v) is 6.01. The van der Waals surface area contributed by atoms with Gasteiger partial charge in [0, 0.05) is 19.7 Å². The minimum atomic E-state index is -0.432. The molecule has 0 bridgehead atoms. The molecule has 1 saturated heterocycles. The SMILES string of the molecule is CC(C)(C)[C@@H](N)C(=O)N1CCC(CO)CC1. The van der Waals surface area contributed by atoms with Gasteiger partial charge < -0.3 is 15.7 Å². The van der Waals surface area contributed by atoms with Gasteiger partial charge in [0.25, 0.3) is 0 Å². The molecule has 0 aromatic carbocycles. The molecule has 4 heteroatoms. The van der Waals surface area contributed by atoms with Gasteiger partial charge in [-0.2, -0.15) is 0 Å². The first-order chi connectivity index (χ1) is 7.36. The average Bonchev–Trinajstić information content (AvgIpc) is 2.26. The first kappa shape index (κ1) is 13.5. The molecule has 1 atom stereocenters. The number of nitrogens with two attached hydrogens (primary N) is 1. The van der Waals surface area contributed by atoms with Crippen molar-refractivity contribution < 1.29 is 9.90 Å². The number of carbonyl (C=O) groups is 1. The van der Waals surface area contributed by atoms with Gasteiger partial charge in [-0.05, 0) is 24.2 Å². The summed E-state index contributed by atoms with van der Waals surface area (Å²) in [5.41, 5.74) is 5.76. The van der Waals surface area contributed by atoms with Crippen LogP contribution in [0.15, 0.2) is 0 Å². The zero-order valence-corrected chi connectivity index (χ0v) is 10.6. The summed E-state index contributed by atoms with van der Waals surface area (Å²) >= 11 is 0. The van der Waals surface area contributed by atoms with Gasteiger partial charge >= 0.3 is 0 Å². The molecule has 4 nitrogen and oxygen atoms in total. The van der Waals surface area contributed by atoms with Crippen LogP contribution < -0.4 is 5.73 Å². The number of carbonyl (C=O) groups excluding carboxylic acids is 1. The third-order valence-corrected chi connectivity index (χ3v) is 3.38. The lowest BCUT2D eigenvalue weighted by Gasteiger charge is -2.36. The molecule has 0 spiro atoms. The van der Waals surface area contributed by atoms with Crippen LogP contribution in [-0.4, -0.2) is 41.7 Å². The molecule has 0 aliphatic carbocycles. The van der Waals surface area contributed by atoms with E-state index in [2.05, 4.69) is 0 Å². The predicted octanol–water partition coefficient (Wildman–Crippen LogP) is 0.591. The smallest absolute Gasteiger partial charge is 0.240 e. The second kappa shape index (κ2) is 5.15. The van der Waals surface area contributed by atoms with Crippen molar-refractivity contribution in [3.05, 3.63) is 0 Å². The Bertz CT molecular complexity index is 240. The highest BCUT2D eigenvalue weighted by atomic mass is 16.3. The number of aliphatic hydroxyl groups is 1. The van der Waals surface area contributed by atoms with Crippen LogP contribution in [0.2, 0.25) is 0 Å². The largest absolute Gasteiger partial charge is 0.396 e. The van der Waals surface area contributed by atoms with E-state index < -0.39 is 6.04 Å². The highest BCUT2D eigenvalue weighted by Gasteiger charge is 2.32. The Morgan fingerprint density at radius 2 is 1.94 bits per heavy atom. The molecule has 0 radical (unpaired) electrons. The standard InChI is InChI=1S/C12H24N2O2/c1-12(2,3)10(13)11(16)14-6-4-9(8-15)5-7-14/h9-10,15H,4-8,13H2,1-3H3/t10-/m0/s1. The molecular weight excluding hydrogens is 204 g/mol. The number of hydrogen-bond donors (Lipinski definition) is 2. The fourth-order valence-electron chi connectivity index (χ4n) is 1.90. The number of hydrogen-bond acceptors (Lipinski definition) is 3. The molecule has 1 rings (SSSR count). The van der Waals surface area contributed by atoms with Crippen LogP contribution in [0.3, 0.4) is 0 Å². The van der Waals surface area contributed by atoms with Crippen LogP contribution in [0.4, 0.5) is 0 Å². The number of piperidine rings is 1. The quantitative estimate of drug-likeness (QED) is 0.727. The fraction of sp³-hybridized carbons (Fsp3) is 0.917. The second-order valence-corrected chi connectivity index (χ2v) is 5.79. The highest BCUT2D eigenvalue weighted by Crippen LogP contribution is 2.22. The molecule has 1 amide bonds. The first-order valence-electron chi connectivity index (χ1n) is 6.01. The van der Waals surface area contributed by atoms with Crippen LogP contribution in [0.25, 0.3) is 0 Å². The summed E-state index contributed by atoms with van der Waals surface area (Å²) in [7, 11) is 0. The van der Waals surface area contributed by atoms with Gasteiger partial charge in [-0.1, -0.05) is 20.8 Å². The predicted molar refractivity (Wildman–Crippen MR) is 63.8 cm³/mol. The maximum Gasteiger partial charge on any atom is 0.240 e. The van der Waals surface area contributed by atoms with Gasteiger partial charge in [-0.25, -0.2) is 0 Å². The van der Waals surface area contributed by atoms with Gasteiger partial charge in [0.2, 0.25) is 5.91 Å². The van der Waals surface area contributed by atoms with E-state index in [0.717, 1.165) is 25.9 Å². The van der Waals surface area contributed by atoms with E-state index in [1.165, 1.54) is 0 Å². The highest BCUT2D eigenvalue weighted by molar-refractivity contribution is 5.82. The fourth-order valence-corrected chi connectivity index (χ4v) is 1.90. The van der Waals surface area contributed by atoms with Crippen LogP contribution in [0.5, 0.6) is 0 Å². The van der Waals surface area contributed by atoms with Gasteiger partial charge in [0.15, 0.2) is 0 Å². The number of likely N-dealkylation sites (tertiary alicyclic amines) is 1. The third-order valence-electron chi connectivity index (χ3n) is 3.38. The van der Waals surface area contributed by atoms with Crippen LogP contribution >= 0.6 is 0 Å². The zero-order valence-electron chi connectivity index (χ0n) is 10.6. The summed E-state index contributed by atoms with van der Waals surface area (Å²) in [6.07, 6.45) is 1.78. The van der Waals surface area contributed by atoms with Crippen molar-refractivity contribution in [2.45, 2.75) is 39.7 Å². The van der Waals surface area contributed by atoms with E-state index in [0.29, 0.717) is 5.92 Å². The van der Waals surface area contributed by atoms with E-state index in [4.69, 9.17) is 10.8 Å². The summed E-state index contributed by atoms with van der Waals surface area (Å²) in [5, 5.41) is 9.03. The summed E-state index contributed by atoms with van der Waals surface area (Å²) in [6.45, 7) is 7.64. The topological polar surface area (TPSA) is 66.6 Å². The molecule has 1 fully saturated rings. The number of amides is 1. The lowest BCUT2D eigenvalue weighted by Crippen LogP contribution is -2.52. The van der Waals surface area contributed by atoms with Crippen molar-refractivity contribution in [1.29, 1.82) is 0 Å². The van der Waals surface area contributed by atoms with Crippen molar-refractivity contribution in [3.8, 4) is 0 Å². The maximum absolute atomic E-state index is 12.1. The Hall–Kier alpha value is -0.610. The van der Waals surface area contributed by atoms with Crippen LogP contribution in [-0.2, 0) is 4.79 Å². The maximum atomic E-state index is 12.1. The molecule has 94 valence electrons. The van der Waals surface area contributed by atoms with Crippen molar-refractivity contribution in [2.24, 2.45) is 17.1 Å². The van der Waals surface area contributed by atoms with E-state index >= 15 is 0 Å². The molecule has 1 aliphatic heterocycles.